The van der Waals surface area contributed by atoms with Gasteiger partial charge in [0.2, 0.25) is 5.82 Å². The van der Waals surface area contributed by atoms with E-state index in [9.17, 15) is 4.79 Å². The molecule has 2 aromatic heterocycles. The van der Waals surface area contributed by atoms with Gasteiger partial charge < -0.3 is 5.32 Å². The van der Waals surface area contributed by atoms with Crippen molar-refractivity contribution in [3.63, 3.8) is 0 Å². The molecule has 0 saturated heterocycles. The number of hydrogen-bond acceptors (Lipinski definition) is 4. The summed E-state index contributed by atoms with van der Waals surface area (Å²) in [6, 6.07) is 2.04. The molecule has 0 aromatic carbocycles. The molecule has 21 heavy (non-hydrogen) atoms. The number of carbonyl (C=O) groups excluding carboxylic acids is 1. The van der Waals surface area contributed by atoms with Crippen molar-refractivity contribution >= 4 is 5.91 Å². The molecule has 0 aliphatic rings. The molecule has 0 atom stereocenters. The third-order valence-corrected chi connectivity index (χ3v) is 3.16. The van der Waals surface area contributed by atoms with Crippen LogP contribution < -0.4 is 5.32 Å². The Morgan fingerprint density at radius 2 is 2.24 bits per heavy atom. The summed E-state index contributed by atoms with van der Waals surface area (Å²) in [4.78, 5) is 16.0. The highest BCUT2D eigenvalue weighted by atomic mass is 16.2. The van der Waals surface area contributed by atoms with Gasteiger partial charge in [0.15, 0.2) is 0 Å². The molecule has 7 heteroatoms. The maximum Gasteiger partial charge on any atom is 0.290 e. The highest BCUT2D eigenvalue weighted by Gasteiger charge is 2.11. The minimum absolute atomic E-state index is 0.213. The van der Waals surface area contributed by atoms with E-state index in [2.05, 4.69) is 32.5 Å². The van der Waals surface area contributed by atoms with Crippen LogP contribution in [-0.2, 0) is 13.0 Å². The molecule has 0 fully saturated rings. The summed E-state index contributed by atoms with van der Waals surface area (Å²) < 4.78 is 1.95. The Morgan fingerprint density at radius 3 is 2.90 bits per heavy atom. The third kappa shape index (κ3) is 4.14. The Balaban J connectivity index is 1.75. The van der Waals surface area contributed by atoms with Crippen LogP contribution in [0.4, 0.5) is 0 Å². The van der Waals surface area contributed by atoms with Crippen LogP contribution in [0.2, 0.25) is 0 Å². The lowest BCUT2D eigenvalue weighted by Gasteiger charge is -2.05. The summed E-state index contributed by atoms with van der Waals surface area (Å²) in [5, 5.41) is 13.9. The van der Waals surface area contributed by atoms with Crippen molar-refractivity contribution in [2.45, 2.75) is 46.6 Å². The number of hydrogen-bond donors (Lipinski definition) is 2. The second-order valence-electron chi connectivity index (χ2n) is 5.12. The molecule has 2 heterocycles. The first-order chi connectivity index (χ1) is 10.1. The van der Waals surface area contributed by atoms with Crippen LogP contribution in [0.1, 0.15) is 47.6 Å². The molecule has 2 rings (SSSR count). The number of carbonyl (C=O) groups is 1. The Bertz CT molecular complexity index is 600. The predicted molar refractivity (Wildman–Crippen MR) is 79.0 cm³/mol. The molecule has 1 amide bonds. The molecule has 7 nitrogen and oxygen atoms in total. The molecular formula is C14H22N6O. The van der Waals surface area contributed by atoms with Crippen molar-refractivity contribution in [2.75, 3.05) is 6.54 Å². The van der Waals surface area contributed by atoms with Gasteiger partial charge in [0, 0.05) is 25.2 Å². The van der Waals surface area contributed by atoms with E-state index < -0.39 is 0 Å². The first-order valence-electron chi connectivity index (χ1n) is 7.30. The van der Waals surface area contributed by atoms with E-state index in [1.165, 1.54) is 0 Å². The molecule has 2 N–H and O–H groups in total. The molecule has 0 spiro atoms. The normalized spacial score (nSPS) is 10.8. The van der Waals surface area contributed by atoms with Crippen LogP contribution in [0.25, 0.3) is 0 Å². The Morgan fingerprint density at radius 1 is 1.43 bits per heavy atom. The molecular weight excluding hydrogens is 268 g/mol. The van der Waals surface area contributed by atoms with E-state index in [1.807, 2.05) is 24.6 Å². The quantitative estimate of drug-likeness (QED) is 0.754. The highest BCUT2D eigenvalue weighted by Crippen LogP contribution is 2.02. The standard InChI is InChI=1S/C14H22N6O/c1-4-6-12-16-13(18-17-12)14(21)15-7-5-8-20-11(3)9-10(2)19-20/h9H,4-8H2,1-3H3,(H,15,21)(H,16,17,18). The van der Waals surface area contributed by atoms with Gasteiger partial charge in [0.25, 0.3) is 5.91 Å². The summed E-state index contributed by atoms with van der Waals surface area (Å²) in [7, 11) is 0. The van der Waals surface area contributed by atoms with Crippen LogP contribution in [0.5, 0.6) is 0 Å². The molecule has 2 aromatic rings. The maximum atomic E-state index is 11.9. The van der Waals surface area contributed by atoms with Gasteiger partial charge in [-0.1, -0.05) is 6.92 Å². The SMILES string of the molecule is CCCc1nc(C(=O)NCCCn2nc(C)cc2C)n[nH]1. The van der Waals surface area contributed by atoms with E-state index >= 15 is 0 Å². The fourth-order valence-electron chi connectivity index (χ4n) is 2.16. The zero-order valence-electron chi connectivity index (χ0n) is 12.8. The van der Waals surface area contributed by atoms with Gasteiger partial charge in [-0.15, -0.1) is 5.10 Å². The lowest BCUT2D eigenvalue weighted by atomic mass is 10.3. The highest BCUT2D eigenvalue weighted by molar-refractivity contribution is 5.90. The number of aromatic amines is 1. The van der Waals surface area contributed by atoms with Gasteiger partial charge in [-0.3, -0.25) is 14.6 Å². The lowest BCUT2D eigenvalue weighted by molar-refractivity contribution is 0.0942. The number of aryl methyl sites for hydroxylation is 4. The van der Waals surface area contributed by atoms with Crippen LogP contribution in [-0.4, -0.2) is 37.4 Å². The molecule has 0 aliphatic carbocycles. The monoisotopic (exact) mass is 290 g/mol. The predicted octanol–water partition coefficient (Wildman–Crippen LogP) is 1.39. The van der Waals surface area contributed by atoms with Crippen molar-refractivity contribution in [3.8, 4) is 0 Å². The fourth-order valence-corrected chi connectivity index (χ4v) is 2.16. The van der Waals surface area contributed by atoms with Gasteiger partial charge in [-0.2, -0.15) is 5.10 Å². The number of H-pyrrole nitrogens is 1. The smallest absolute Gasteiger partial charge is 0.290 e. The number of nitrogens with zero attached hydrogens (tertiary/aromatic N) is 4. The second-order valence-corrected chi connectivity index (χ2v) is 5.12. The van der Waals surface area contributed by atoms with E-state index in [0.717, 1.165) is 43.0 Å². The van der Waals surface area contributed by atoms with E-state index in [0.29, 0.717) is 6.54 Å². The summed E-state index contributed by atoms with van der Waals surface area (Å²) in [6.45, 7) is 7.43. The number of aromatic nitrogens is 5. The third-order valence-electron chi connectivity index (χ3n) is 3.16. The van der Waals surface area contributed by atoms with Gasteiger partial charge in [0.05, 0.1) is 5.69 Å². The number of rotatable bonds is 7. The molecule has 0 bridgehead atoms. The zero-order valence-corrected chi connectivity index (χ0v) is 12.8. The average Bonchev–Trinajstić information content (AvgIpc) is 3.02. The Kier molecular flexibility index (Phi) is 5.08. The Labute approximate surface area is 124 Å². The molecule has 0 saturated carbocycles. The van der Waals surface area contributed by atoms with Gasteiger partial charge in [-0.05, 0) is 32.8 Å². The number of nitrogens with one attached hydrogen (secondary N) is 2. The average molecular weight is 290 g/mol. The van der Waals surface area contributed by atoms with Crippen molar-refractivity contribution < 1.29 is 4.79 Å². The summed E-state index contributed by atoms with van der Waals surface area (Å²) in [6.07, 6.45) is 2.59. The van der Waals surface area contributed by atoms with E-state index in [4.69, 9.17) is 0 Å². The topological polar surface area (TPSA) is 88.5 Å². The molecule has 0 unspecified atom stereocenters. The maximum absolute atomic E-state index is 11.9. The van der Waals surface area contributed by atoms with Crippen LogP contribution in [0.3, 0.4) is 0 Å². The molecule has 114 valence electrons. The van der Waals surface area contributed by atoms with Gasteiger partial charge in [0.1, 0.15) is 5.82 Å². The fraction of sp³-hybridized carbons (Fsp3) is 0.571. The molecule has 0 radical (unpaired) electrons. The molecule has 0 aliphatic heterocycles. The lowest BCUT2D eigenvalue weighted by Crippen LogP contribution is -2.26. The van der Waals surface area contributed by atoms with Crippen LogP contribution in [0, 0.1) is 13.8 Å². The zero-order chi connectivity index (χ0) is 15.2. The summed E-state index contributed by atoms with van der Waals surface area (Å²) >= 11 is 0. The van der Waals surface area contributed by atoms with Gasteiger partial charge in [-0.25, -0.2) is 4.98 Å². The minimum atomic E-state index is -0.234. The number of amides is 1. The van der Waals surface area contributed by atoms with E-state index in [-0.39, 0.29) is 11.7 Å². The second kappa shape index (κ2) is 7.01. The minimum Gasteiger partial charge on any atom is -0.349 e. The van der Waals surface area contributed by atoms with Crippen molar-refractivity contribution in [2.24, 2.45) is 0 Å². The van der Waals surface area contributed by atoms with E-state index in [1.54, 1.807) is 0 Å². The van der Waals surface area contributed by atoms with Crippen molar-refractivity contribution in [1.82, 2.24) is 30.3 Å². The van der Waals surface area contributed by atoms with Crippen LogP contribution >= 0.6 is 0 Å². The summed E-state index contributed by atoms with van der Waals surface area (Å²) in [5.74, 6) is 0.733. The van der Waals surface area contributed by atoms with Crippen molar-refractivity contribution in [3.05, 3.63) is 29.1 Å². The van der Waals surface area contributed by atoms with Gasteiger partial charge >= 0.3 is 0 Å². The Hall–Kier alpha value is -2.18. The largest absolute Gasteiger partial charge is 0.349 e. The first-order valence-corrected chi connectivity index (χ1v) is 7.30. The first kappa shape index (κ1) is 15.2. The van der Waals surface area contributed by atoms with Crippen molar-refractivity contribution in [1.29, 1.82) is 0 Å². The summed E-state index contributed by atoms with van der Waals surface area (Å²) in [5.41, 5.74) is 2.15. The van der Waals surface area contributed by atoms with Crippen LogP contribution in [0.15, 0.2) is 6.07 Å².